The summed E-state index contributed by atoms with van der Waals surface area (Å²) in [5.74, 6) is -1.22. The Hall–Kier alpha value is -1.87. The Kier molecular flexibility index (Phi) is 3.63. The maximum atomic E-state index is 10.8. The molecular formula is C15H17NO2. The van der Waals surface area contributed by atoms with Crippen LogP contribution in [0.1, 0.15) is 24.9 Å². The average molecular weight is 243 g/mol. The number of benzene rings is 2. The van der Waals surface area contributed by atoms with E-state index in [1.165, 1.54) is 5.39 Å². The van der Waals surface area contributed by atoms with Crippen LogP contribution >= 0.6 is 0 Å². The lowest BCUT2D eigenvalue weighted by Gasteiger charge is -2.15. The molecule has 3 nitrogen and oxygen atoms in total. The van der Waals surface area contributed by atoms with E-state index in [1.807, 2.05) is 42.5 Å². The van der Waals surface area contributed by atoms with Gasteiger partial charge in [0.05, 0.1) is 5.92 Å². The van der Waals surface area contributed by atoms with E-state index < -0.39 is 11.9 Å². The normalized spacial score (nSPS) is 14.3. The molecule has 0 fully saturated rings. The van der Waals surface area contributed by atoms with Gasteiger partial charge in [0.2, 0.25) is 0 Å². The van der Waals surface area contributed by atoms with Gasteiger partial charge in [0.1, 0.15) is 0 Å². The molecule has 0 saturated carbocycles. The number of rotatable bonds is 4. The monoisotopic (exact) mass is 243 g/mol. The van der Waals surface area contributed by atoms with Gasteiger partial charge in [-0.15, -0.1) is 0 Å². The predicted octanol–water partition coefficient (Wildman–Crippen LogP) is 2.95. The molecule has 3 heteroatoms. The molecule has 0 spiro atoms. The van der Waals surface area contributed by atoms with Gasteiger partial charge in [-0.2, -0.15) is 0 Å². The summed E-state index contributed by atoms with van der Waals surface area (Å²) >= 11 is 0. The second kappa shape index (κ2) is 5.19. The van der Waals surface area contributed by atoms with Crippen molar-refractivity contribution in [3.05, 3.63) is 48.0 Å². The molecule has 0 amide bonds. The van der Waals surface area contributed by atoms with E-state index in [1.54, 1.807) is 6.92 Å². The summed E-state index contributed by atoms with van der Waals surface area (Å²) < 4.78 is 0. The fourth-order valence-electron chi connectivity index (χ4n) is 2.06. The van der Waals surface area contributed by atoms with Crippen molar-refractivity contribution in [3.8, 4) is 0 Å². The van der Waals surface area contributed by atoms with Gasteiger partial charge in [-0.1, -0.05) is 43.3 Å². The molecule has 2 atom stereocenters. The zero-order chi connectivity index (χ0) is 13.1. The standard InChI is InChI=1S/C15H17NO2/c1-10(15(17)18)8-14(16)13-7-6-11-4-2-3-5-12(11)9-13/h2-7,9-10,14H,8,16H2,1H3,(H,17,18). The lowest BCUT2D eigenvalue weighted by molar-refractivity contribution is -0.141. The van der Waals surface area contributed by atoms with Gasteiger partial charge in [-0.25, -0.2) is 0 Å². The quantitative estimate of drug-likeness (QED) is 0.867. The van der Waals surface area contributed by atoms with Crippen LogP contribution in [-0.4, -0.2) is 11.1 Å². The third-order valence-electron chi connectivity index (χ3n) is 3.23. The Bertz CT molecular complexity index is 565. The average Bonchev–Trinajstić information content (AvgIpc) is 2.37. The van der Waals surface area contributed by atoms with Crippen LogP contribution in [0.5, 0.6) is 0 Å². The van der Waals surface area contributed by atoms with E-state index in [0.717, 1.165) is 10.9 Å². The van der Waals surface area contributed by atoms with Crippen molar-refractivity contribution in [2.24, 2.45) is 11.7 Å². The summed E-state index contributed by atoms with van der Waals surface area (Å²) in [5, 5.41) is 11.2. The number of hydrogen-bond acceptors (Lipinski definition) is 2. The molecule has 0 aliphatic rings. The molecule has 2 aromatic carbocycles. The minimum atomic E-state index is -0.800. The summed E-state index contributed by atoms with van der Waals surface area (Å²) in [6.45, 7) is 1.68. The Morgan fingerprint density at radius 2 is 1.89 bits per heavy atom. The van der Waals surface area contributed by atoms with Crippen LogP contribution in [0.4, 0.5) is 0 Å². The first-order chi connectivity index (χ1) is 8.58. The van der Waals surface area contributed by atoms with Gasteiger partial charge < -0.3 is 10.8 Å². The maximum absolute atomic E-state index is 10.8. The molecule has 3 N–H and O–H groups in total. The van der Waals surface area contributed by atoms with Crippen LogP contribution in [0.25, 0.3) is 10.8 Å². The van der Waals surface area contributed by atoms with Crippen LogP contribution in [0, 0.1) is 5.92 Å². The molecule has 0 saturated heterocycles. The van der Waals surface area contributed by atoms with E-state index in [-0.39, 0.29) is 6.04 Å². The molecule has 2 unspecified atom stereocenters. The number of aliphatic carboxylic acids is 1. The molecule has 18 heavy (non-hydrogen) atoms. The predicted molar refractivity (Wildman–Crippen MR) is 72.3 cm³/mol. The summed E-state index contributed by atoms with van der Waals surface area (Å²) in [7, 11) is 0. The van der Waals surface area contributed by atoms with Crippen molar-refractivity contribution in [2.75, 3.05) is 0 Å². The highest BCUT2D eigenvalue weighted by atomic mass is 16.4. The lowest BCUT2D eigenvalue weighted by Crippen LogP contribution is -2.19. The van der Waals surface area contributed by atoms with Gasteiger partial charge in [0, 0.05) is 6.04 Å². The lowest BCUT2D eigenvalue weighted by atomic mass is 9.95. The highest BCUT2D eigenvalue weighted by Gasteiger charge is 2.16. The molecule has 2 aromatic rings. The van der Waals surface area contributed by atoms with Crippen molar-refractivity contribution in [3.63, 3.8) is 0 Å². The molecular weight excluding hydrogens is 226 g/mol. The number of carboxylic acids is 1. The van der Waals surface area contributed by atoms with Crippen molar-refractivity contribution in [1.82, 2.24) is 0 Å². The first-order valence-electron chi connectivity index (χ1n) is 6.05. The minimum absolute atomic E-state index is 0.235. The smallest absolute Gasteiger partial charge is 0.306 e. The number of carbonyl (C=O) groups is 1. The van der Waals surface area contributed by atoms with E-state index in [4.69, 9.17) is 10.8 Å². The molecule has 0 radical (unpaired) electrons. The van der Waals surface area contributed by atoms with E-state index in [0.29, 0.717) is 6.42 Å². The third-order valence-corrected chi connectivity index (χ3v) is 3.23. The SMILES string of the molecule is CC(CC(N)c1ccc2ccccc2c1)C(=O)O. The van der Waals surface area contributed by atoms with Gasteiger partial charge >= 0.3 is 5.97 Å². The molecule has 0 aliphatic carbocycles. The zero-order valence-electron chi connectivity index (χ0n) is 10.3. The number of nitrogens with two attached hydrogens (primary N) is 1. The highest BCUT2D eigenvalue weighted by molar-refractivity contribution is 5.83. The van der Waals surface area contributed by atoms with Gasteiger partial charge in [0.15, 0.2) is 0 Å². The minimum Gasteiger partial charge on any atom is -0.481 e. The maximum Gasteiger partial charge on any atom is 0.306 e. The second-order valence-corrected chi connectivity index (χ2v) is 4.69. The first-order valence-corrected chi connectivity index (χ1v) is 6.05. The van der Waals surface area contributed by atoms with Crippen molar-refractivity contribution in [1.29, 1.82) is 0 Å². The fourth-order valence-corrected chi connectivity index (χ4v) is 2.06. The van der Waals surface area contributed by atoms with Crippen LogP contribution in [0.15, 0.2) is 42.5 Å². The molecule has 0 heterocycles. The molecule has 0 aliphatic heterocycles. The van der Waals surface area contributed by atoms with Crippen molar-refractivity contribution >= 4 is 16.7 Å². The molecule has 0 aromatic heterocycles. The van der Waals surface area contributed by atoms with E-state index in [9.17, 15) is 4.79 Å². The number of carboxylic acid groups (broad SMARTS) is 1. The second-order valence-electron chi connectivity index (χ2n) is 4.69. The van der Waals surface area contributed by atoms with E-state index >= 15 is 0 Å². The topological polar surface area (TPSA) is 63.3 Å². The van der Waals surface area contributed by atoms with Crippen molar-refractivity contribution in [2.45, 2.75) is 19.4 Å². The van der Waals surface area contributed by atoms with Gasteiger partial charge in [-0.3, -0.25) is 4.79 Å². The summed E-state index contributed by atoms with van der Waals surface area (Å²) in [6.07, 6.45) is 0.452. The highest BCUT2D eigenvalue weighted by Crippen LogP contribution is 2.23. The Labute approximate surface area is 106 Å². The Balaban J connectivity index is 2.22. The first kappa shape index (κ1) is 12.6. The van der Waals surface area contributed by atoms with Crippen LogP contribution < -0.4 is 5.73 Å². The van der Waals surface area contributed by atoms with Crippen molar-refractivity contribution < 1.29 is 9.90 Å². The zero-order valence-corrected chi connectivity index (χ0v) is 10.3. The Morgan fingerprint density at radius 3 is 2.56 bits per heavy atom. The summed E-state index contributed by atoms with van der Waals surface area (Å²) in [4.78, 5) is 10.8. The van der Waals surface area contributed by atoms with Gasteiger partial charge in [0.25, 0.3) is 0 Å². The van der Waals surface area contributed by atoms with Crippen LogP contribution in [0.2, 0.25) is 0 Å². The summed E-state index contributed by atoms with van der Waals surface area (Å²) in [6, 6.07) is 13.9. The van der Waals surface area contributed by atoms with E-state index in [2.05, 4.69) is 0 Å². The number of hydrogen-bond donors (Lipinski definition) is 2. The Morgan fingerprint density at radius 1 is 1.22 bits per heavy atom. The fraction of sp³-hybridized carbons (Fsp3) is 0.267. The molecule has 2 rings (SSSR count). The summed E-state index contributed by atoms with van der Waals surface area (Å²) in [5.41, 5.74) is 7.05. The van der Waals surface area contributed by atoms with Gasteiger partial charge in [-0.05, 0) is 28.8 Å². The largest absolute Gasteiger partial charge is 0.481 e. The van der Waals surface area contributed by atoms with Crippen LogP contribution in [0.3, 0.4) is 0 Å². The third kappa shape index (κ3) is 2.68. The molecule has 0 bridgehead atoms. The molecule has 94 valence electrons. The number of fused-ring (bicyclic) bond motifs is 1. The van der Waals surface area contributed by atoms with Crippen LogP contribution in [-0.2, 0) is 4.79 Å².